The van der Waals surface area contributed by atoms with Crippen molar-refractivity contribution in [2.75, 3.05) is 20.8 Å². The van der Waals surface area contributed by atoms with Gasteiger partial charge in [0.05, 0.1) is 12.3 Å². The highest BCUT2D eigenvalue weighted by Crippen LogP contribution is 2.20. The number of hydrogen-bond acceptors (Lipinski definition) is 4. The summed E-state index contributed by atoms with van der Waals surface area (Å²) in [6, 6.07) is 7.01. The number of amides is 1. The van der Waals surface area contributed by atoms with E-state index in [2.05, 4.69) is 9.71 Å². The first-order valence-electron chi connectivity index (χ1n) is 7.42. The summed E-state index contributed by atoms with van der Waals surface area (Å²) in [5, 5.41) is 2.71. The number of benzene rings is 1. The third-order valence-corrected chi connectivity index (χ3v) is 4.86. The van der Waals surface area contributed by atoms with Crippen molar-refractivity contribution in [2.24, 2.45) is 4.40 Å². The van der Waals surface area contributed by atoms with E-state index >= 15 is 0 Å². The van der Waals surface area contributed by atoms with Gasteiger partial charge in [-0.15, -0.1) is 4.40 Å². The van der Waals surface area contributed by atoms with Crippen molar-refractivity contribution < 1.29 is 17.9 Å². The van der Waals surface area contributed by atoms with Crippen LogP contribution in [0.2, 0.25) is 0 Å². The molecule has 1 unspecified atom stereocenters. The van der Waals surface area contributed by atoms with Crippen LogP contribution in [0.1, 0.15) is 18.1 Å². The molecule has 130 valence electrons. The number of methoxy groups -OCH3 is 1. The molecule has 1 aliphatic heterocycles. The van der Waals surface area contributed by atoms with Crippen LogP contribution in [0.5, 0.6) is 0 Å². The number of aryl methyl sites for hydroxylation is 1. The Morgan fingerprint density at radius 3 is 2.54 bits per heavy atom. The number of nitrogens with one attached hydrogen (secondary N) is 1. The van der Waals surface area contributed by atoms with Crippen molar-refractivity contribution in [1.82, 2.24) is 9.62 Å². The van der Waals surface area contributed by atoms with Gasteiger partial charge >= 0.3 is 10.2 Å². The van der Waals surface area contributed by atoms with Gasteiger partial charge in [0.25, 0.3) is 5.91 Å². The average Bonchev–Trinajstić information content (AvgIpc) is 2.50. The Kier molecular flexibility index (Phi) is 5.40. The molecule has 1 atom stereocenters. The first-order chi connectivity index (χ1) is 11.2. The molecule has 0 fully saturated rings. The fourth-order valence-corrected chi connectivity index (χ4v) is 3.13. The van der Waals surface area contributed by atoms with Gasteiger partial charge in [0.15, 0.2) is 0 Å². The van der Waals surface area contributed by atoms with Crippen LogP contribution < -0.4 is 5.32 Å². The third-order valence-electron chi connectivity index (χ3n) is 3.55. The lowest BCUT2D eigenvalue weighted by Gasteiger charge is -2.24. The highest BCUT2D eigenvalue weighted by Gasteiger charge is 2.30. The van der Waals surface area contributed by atoms with Gasteiger partial charge in [-0.05, 0) is 19.9 Å². The van der Waals surface area contributed by atoms with Gasteiger partial charge in [-0.25, -0.2) is 4.31 Å². The van der Waals surface area contributed by atoms with E-state index in [0.29, 0.717) is 12.2 Å². The predicted molar refractivity (Wildman–Crippen MR) is 92.0 cm³/mol. The molecular formula is C16H21N3O4S. The maximum absolute atomic E-state index is 12.4. The lowest BCUT2D eigenvalue weighted by atomic mass is 10.1. The molecule has 1 heterocycles. The molecule has 1 aliphatic rings. The summed E-state index contributed by atoms with van der Waals surface area (Å²) in [6.45, 7) is 4.03. The molecule has 8 heteroatoms. The van der Waals surface area contributed by atoms with E-state index in [1.54, 1.807) is 19.1 Å². The molecule has 0 aliphatic carbocycles. The van der Waals surface area contributed by atoms with E-state index in [1.165, 1.54) is 20.2 Å². The summed E-state index contributed by atoms with van der Waals surface area (Å²) in [7, 11) is -1.12. The third kappa shape index (κ3) is 4.01. The summed E-state index contributed by atoms with van der Waals surface area (Å²) in [6.07, 6.45) is 1.47. The molecule has 0 bridgehead atoms. The summed E-state index contributed by atoms with van der Waals surface area (Å²) in [5.74, 6) is -0.495. The van der Waals surface area contributed by atoms with E-state index in [4.69, 9.17) is 4.74 Å². The molecule has 1 aromatic rings. The minimum absolute atomic E-state index is 0.0172. The quantitative estimate of drug-likeness (QED) is 0.857. The number of hydrogen-bond donors (Lipinski definition) is 1. The molecule has 7 nitrogen and oxygen atoms in total. The molecule has 1 aromatic carbocycles. The second-order valence-electron chi connectivity index (χ2n) is 5.65. The maximum Gasteiger partial charge on any atom is 0.345 e. The fourth-order valence-electron chi connectivity index (χ4n) is 2.21. The van der Waals surface area contributed by atoms with Crippen molar-refractivity contribution in [3.63, 3.8) is 0 Å². The normalized spacial score (nSPS) is 17.8. The molecule has 24 heavy (non-hydrogen) atoms. The van der Waals surface area contributed by atoms with Crippen LogP contribution in [-0.4, -0.2) is 51.1 Å². The molecule has 0 radical (unpaired) electrons. The van der Waals surface area contributed by atoms with Gasteiger partial charge in [0.1, 0.15) is 5.70 Å². The van der Waals surface area contributed by atoms with E-state index < -0.39 is 16.1 Å². The van der Waals surface area contributed by atoms with Crippen LogP contribution in [0.4, 0.5) is 0 Å². The predicted octanol–water partition coefficient (Wildman–Crippen LogP) is 1.01. The van der Waals surface area contributed by atoms with Crippen molar-refractivity contribution in [2.45, 2.75) is 19.9 Å². The Hall–Kier alpha value is -2.19. The average molecular weight is 351 g/mol. The monoisotopic (exact) mass is 351 g/mol. The number of ether oxygens (including phenoxy) is 1. The smallest absolute Gasteiger partial charge is 0.345 e. The van der Waals surface area contributed by atoms with Gasteiger partial charge in [-0.1, -0.05) is 29.8 Å². The zero-order valence-corrected chi connectivity index (χ0v) is 14.9. The van der Waals surface area contributed by atoms with E-state index in [-0.39, 0.29) is 17.5 Å². The number of allylic oxidation sites excluding steroid dienone is 1. The number of rotatable bonds is 5. The summed E-state index contributed by atoms with van der Waals surface area (Å²) >= 11 is 0. The molecule has 1 N–H and O–H groups in total. The Balaban J connectivity index is 2.37. The Bertz CT molecular complexity index is 782. The Labute approximate surface area is 142 Å². The van der Waals surface area contributed by atoms with Crippen molar-refractivity contribution in [1.29, 1.82) is 0 Å². The number of carbonyl (C=O) groups excluding carboxylic acids is 1. The molecule has 0 saturated heterocycles. The Morgan fingerprint density at radius 1 is 1.33 bits per heavy atom. The van der Waals surface area contributed by atoms with Crippen LogP contribution in [0.25, 0.3) is 0 Å². The molecule has 2 rings (SSSR count). The maximum atomic E-state index is 12.4. The molecule has 0 spiro atoms. The number of likely N-dealkylation sites (N-methyl/N-ethyl adjacent to an activating group) is 1. The number of nitrogens with zero attached hydrogens (tertiary/aromatic N) is 2. The van der Waals surface area contributed by atoms with Gasteiger partial charge in [-0.2, -0.15) is 8.42 Å². The zero-order valence-electron chi connectivity index (χ0n) is 14.1. The van der Waals surface area contributed by atoms with Crippen molar-refractivity contribution in [3.05, 3.63) is 47.2 Å². The Morgan fingerprint density at radius 2 is 1.96 bits per heavy atom. The molecular weight excluding hydrogens is 330 g/mol. The van der Waals surface area contributed by atoms with Crippen molar-refractivity contribution in [3.8, 4) is 0 Å². The minimum atomic E-state index is -3.95. The summed E-state index contributed by atoms with van der Waals surface area (Å²) in [5.41, 5.74) is 1.93. The fraction of sp³-hybridized carbons (Fsp3) is 0.375. The van der Waals surface area contributed by atoms with Gasteiger partial charge in [0, 0.05) is 25.8 Å². The van der Waals surface area contributed by atoms with Crippen LogP contribution in [0.3, 0.4) is 0 Å². The lowest BCUT2D eigenvalue weighted by molar-refractivity contribution is -0.119. The minimum Gasteiger partial charge on any atom is -0.383 e. The van der Waals surface area contributed by atoms with E-state index in [0.717, 1.165) is 9.87 Å². The van der Waals surface area contributed by atoms with E-state index in [1.807, 2.05) is 19.1 Å². The first-order valence-corrected chi connectivity index (χ1v) is 8.81. The lowest BCUT2D eigenvalue weighted by Crippen LogP contribution is -2.42. The van der Waals surface area contributed by atoms with Crippen LogP contribution in [0.15, 0.2) is 40.4 Å². The topological polar surface area (TPSA) is 88.1 Å². The first kappa shape index (κ1) is 18.2. The standard InChI is InChI=1S/C16H21N3O4S/c1-11-5-7-13(8-6-11)14-9-15(19(3)24(21,22)18-14)16(20)17-12(2)10-23-4/h5-9,12H,10H2,1-4H3,(H,17,20). The highest BCUT2D eigenvalue weighted by atomic mass is 32.2. The highest BCUT2D eigenvalue weighted by molar-refractivity contribution is 7.88. The van der Waals surface area contributed by atoms with Gasteiger partial charge in [0.2, 0.25) is 0 Å². The van der Waals surface area contributed by atoms with Crippen molar-refractivity contribution >= 4 is 21.8 Å². The SMILES string of the molecule is COCC(C)NC(=O)C1=CC(c2ccc(C)cc2)=NS(=O)(=O)N1C. The molecule has 1 amide bonds. The van der Waals surface area contributed by atoms with Crippen LogP contribution >= 0.6 is 0 Å². The largest absolute Gasteiger partial charge is 0.383 e. The molecule has 0 saturated carbocycles. The summed E-state index contributed by atoms with van der Waals surface area (Å²) in [4.78, 5) is 12.4. The second-order valence-corrected chi connectivity index (χ2v) is 7.27. The van der Waals surface area contributed by atoms with Gasteiger partial charge < -0.3 is 10.1 Å². The van der Waals surface area contributed by atoms with Crippen LogP contribution in [-0.2, 0) is 19.7 Å². The zero-order chi connectivity index (χ0) is 17.9. The van der Waals surface area contributed by atoms with Crippen LogP contribution in [0, 0.1) is 6.92 Å². The van der Waals surface area contributed by atoms with Gasteiger partial charge in [-0.3, -0.25) is 4.79 Å². The molecule has 0 aromatic heterocycles. The van der Waals surface area contributed by atoms with E-state index in [9.17, 15) is 13.2 Å². The number of carbonyl (C=O) groups is 1. The second kappa shape index (κ2) is 7.14. The summed E-state index contributed by atoms with van der Waals surface area (Å²) < 4.78 is 34.1.